The molecular formula is C19H25N3O4S3. The molecule has 2 aliphatic rings. The highest BCUT2D eigenvalue weighted by atomic mass is 32.2. The van der Waals surface area contributed by atoms with Gasteiger partial charge in [-0.3, -0.25) is 14.2 Å². The summed E-state index contributed by atoms with van der Waals surface area (Å²) in [5.74, 6) is 0.166. The number of amides is 1. The van der Waals surface area contributed by atoms with Gasteiger partial charge >= 0.3 is 0 Å². The Balaban J connectivity index is 1.56. The van der Waals surface area contributed by atoms with Gasteiger partial charge in [-0.2, -0.15) is 0 Å². The van der Waals surface area contributed by atoms with E-state index < -0.39 is 9.84 Å². The molecule has 1 amide bonds. The van der Waals surface area contributed by atoms with E-state index in [2.05, 4.69) is 0 Å². The van der Waals surface area contributed by atoms with Crippen LogP contribution in [0.3, 0.4) is 0 Å². The molecule has 0 aromatic carbocycles. The number of hydrogen-bond acceptors (Lipinski definition) is 7. The minimum Gasteiger partial charge on any atom is -0.341 e. The zero-order valence-electron chi connectivity index (χ0n) is 16.6. The summed E-state index contributed by atoms with van der Waals surface area (Å²) in [6.45, 7) is 2.41. The summed E-state index contributed by atoms with van der Waals surface area (Å²) >= 11 is 2.87. The normalized spacial score (nSPS) is 20.7. The van der Waals surface area contributed by atoms with Gasteiger partial charge in [0.1, 0.15) is 4.83 Å². The van der Waals surface area contributed by atoms with Crippen LogP contribution >= 0.6 is 23.1 Å². The molecule has 2 aromatic rings. The second-order valence-corrected chi connectivity index (χ2v) is 11.9. The molecule has 2 aromatic heterocycles. The molecule has 1 saturated heterocycles. The van der Waals surface area contributed by atoms with E-state index in [9.17, 15) is 18.0 Å². The summed E-state index contributed by atoms with van der Waals surface area (Å²) in [5, 5.41) is 1.32. The molecule has 1 atom stereocenters. The maximum atomic E-state index is 13.1. The smallest absolute Gasteiger partial charge is 0.263 e. The van der Waals surface area contributed by atoms with Gasteiger partial charge in [0.25, 0.3) is 5.56 Å². The van der Waals surface area contributed by atoms with Crippen molar-refractivity contribution in [3.63, 3.8) is 0 Å². The third kappa shape index (κ3) is 3.98. The fourth-order valence-electron chi connectivity index (χ4n) is 4.12. The summed E-state index contributed by atoms with van der Waals surface area (Å²) in [7, 11) is -1.38. The Labute approximate surface area is 178 Å². The Morgan fingerprint density at radius 2 is 2.10 bits per heavy atom. The standard InChI is InChI=1S/C19H25N3O4S3/c1-3-22-18(24)16-13-6-4-5-7-14(13)28-17(16)20-19(22)27-10-15(23)21(2)12-8-9-29(25,26)11-12/h12H,3-11H2,1-2H3. The topological polar surface area (TPSA) is 89.3 Å². The molecule has 3 heterocycles. The SMILES string of the molecule is CCn1c(SCC(=O)N(C)C2CCS(=O)(=O)C2)nc2sc3c(c2c1=O)CCCC3. The first-order valence-corrected chi connectivity index (χ1v) is 13.6. The largest absolute Gasteiger partial charge is 0.341 e. The van der Waals surface area contributed by atoms with Crippen LogP contribution in [0.5, 0.6) is 0 Å². The fraction of sp³-hybridized carbons (Fsp3) is 0.632. The lowest BCUT2D eigenvalue weighted by Gasteiger charge is -2.23. The number of nitrogens with zero attached hydrogens (tertiary/aromatic N) is 3. The van der Waals surface area contributed by atoms with Crippen LogP contribution in [0.25, 0.3) is 10.2 Å². The minimum atomic E-state index is -3.04. The van der Waals surface area contributed by atoms with E-state index in [1.807, 2.05) is 6.92 Å². The summed E-state index contributed by atoms with van der Waals surface area (Å²) in [6, 6.07) is -0.263. The fourth-order valence-corrected chi connectivity index (χ4v) is 8.19. The van der Waals surface area contributed by atoms with Gasteiger partial charge in [0.15, 0.2) is 15.0 Å². The van der Waals surface area contributed by atoms with Crippen LogP contribution < -0.4 is 5.56 Å². The van der Waals surface area contributed by atoms with Crippen molar-refractivity contribution in [3.8, 4) is 0 Å². The lowest BCUT2D eigenvalue weighted by Crippen LogP contribution is -2.39. The number of rotatable bonds is 5. The number of carbonyl (C=O) groups excluding carboxylic acids is 1. The van der Waals surface area contributed by atoms with E-state index in [1.54, 1.807) is 23.0 Å². The molecule has 4 rings (SSSR count). The zero-order valence-corrected chi connectivity index (χ0v) is 19.1. The van der Waals surface area contributed by atoms with Crippen LogP contribution in [0.4, 0.5) is 0 Å². The second kappa shape index (κ2) is 8.03. The van der Waals surface area contributed by atoms with Crippen molar-refractivity contribution in [2.75, 3.05) is 24.3 Å². The quantitative estimate of drug-likeness (QED) is 0.507. The Kier molecular flexibility index (Phi) is 5.78. The molecule has 1 aliphatic carbocycles. The first-order valence-electron chi connectivity index (χ1n) is 9.94. The Hall–Kier alpha value is -1.39. The van der Waals surface area contributed by atoms with Crippen molar-refractivity contribution in [1.29, 1.82) is 0 Å². The molecule has 7 nitrogen and oxygen atoms in total. The number of hydrogen-bond donors (Lipinski definition) is 0. The molecule has 0 spiro atoms. The lowest BCUT2D eigenvalue weighted by atomic mass is 9.97. The number of aromatic nitrogens is 2. The van der Waals surface area contributed by atoms with E-state index in [4.69, 9.17) is 4.98 Å². The highest BCUT2D eigenvalue weighted by Crippen LogP contribution is 2.34. The maximum Gasteiger partial charge on any atom is 0.263 e. The Morgan fingerprint density at radius 1 is 1.34 bits per heavy atom. The molecule has 29 heavy (non-hydrogen) atoms. The number of sulfone groups is 1. The van der Waals surface area contributed by atoms with Gasteiger partial charge < -0.3 is 4.90 Å². The molecule has 0 saturated carbocycles. The first kappa shape index (κ1) is 20.9. The molecule has 0 bridgehead atoms. The van der Waals surface area contributed by atoms with E-state index in [0.29, 0.717) is 18.1 Å². The molecule has 1 aliphatic heterocycles. The van der Waals surface area contributed by atoms with E-state index in [1.165, 1.54) is 27.1 Å². The van der Waals surface area contributed by atoms with Crippen LogP contribution in [0.2, 0.25) is 0 Å². The monoisotopic (exact) mass is 455 g/mol. The van der Waals surface area contributed by atoms with Gasteiger partial charge in [0.05, 0.1) is 22.6 Å². The third-order valence-corrected chi connectivity index (χ3v) is 9.73. The summed E-state index contributed by atoms with van der Waals surface area (Å²) in [4.78, 5) is 34.1. The zero-order chi connectivity index (χ0) is 20.8. The summed E-state index contributed by atoms with van der Waals surface area (Å²) in [6.07, 6.45) is 4.70. The highest BCUT2D eigenvalue weighted by molar-refractivity contribution is 7.99. The van der Waals surface area contributed by atoms with Crippen LogP contribution in [0.1, 0.15) is 36.6 Å². The van der Waals surface area contributed by atoms with Crippen LogP contribution in [0, 0.1) is 0 Å². The van der Waals surface area contributed by atoms with E-state index in [-0.39, 0.29) is 34.8 Å². The summed E-state index contributed by atoms with van der Waals surface area (Å²) in [5.41, 5.74) is 1.16. The molecule has 10 heteroatoms. The second-order valence-electron chi connectivity index (χ2n) is 7.69. The van der Waals surface area contributed by atoms with Gasteiger partial charge in [-0.1, -0.05) is 11.8 Å². The highest BCUT2D eigenvalue weighted by Gasteiger charge is 2.32. The average molecular weight is 456 g/mol. The molecule has 158 valence electrons. The molecule has 1 unspecified atom stereocenters. The van der Waals surface area contributed by atoms with Crippen LogP contribution in [-0.4, -0.2) is 59.1 Å². The van der Waals surface area contributed by atoms with Crippen molar-refractivity contribution in [1.82, 2.24) is 14.5 Å². The lowest BCUT2D eigenvalue weighted by molar-refractivity contribution is -0.128. The Morgan fingerprint density at radius 3 is 2.79 bits per heavy atom. The van der Waals surface area contributed by atoms with E-state index >= 15 is 0 Å². The van der Waals surface area contributed by atoms with Crippen molar-refractivity contribution >= 4 is 49.1 Å². The van der Waals surface area contributed by atoms with Crippen LogP contribution in [-0.2, 0) is 34.0 Å². The predicted octanol–water partition coefficient (Wildman–Crippen LogP) is 2.09. The van der Waals surface area contributed by atoms with Gasteiger partial charge in [-0.05, 0) is 44.6 Å². The minimum absolute atomic E-state index is 0.0120. The van der Waals surface area contributed by atoms with Gasteiger partial charge in [0.2, 0.25) is 5.91 Å². The first-order chi connectivity index (χ1) is 13.8. The molecular weight excluding hydrogens is 430 g/mol. The van der Waals surface area contributed by atoms with Crippen LogP contribution in [0.15, 0.2) is 9.95 Å². The molecule has 0 radical (unpaired) electrons. The predicted molar refractivity (Wildman–Crippen MR) is 117 cm³/mol. The van der Waals surface area contributed by atoms with Gasteiger partial charge in [0, 0.05) is 24.5 Å². The average Bonchev–Trinajstić information content (AvgIpc) is 3.25. The van der Waals surface area contributed by atoms with Crippen molar-refractivity contribution in [3.05, 3.63) is 20.8 Å². The number of thiophene rings is 1. The van der Waals surface area contributed by atoms with Gasteiger partial charge in [-0.15, -0.1) is 11.3 Å². The van der Waals surface area contributed by atoms with Crippen molar-refractivity contribution in [2.45, 2.75) is 56.8 Å². The van der Waals surface area contributed by atoms with Crippen molar-refractivity contribution < 1.29 is 13.2 Å². The van der Waals surface area contributed by atoms with Crippen molar-refractivity contribution in [2.24, 2.45) is 0 Å². The summed E-state index contributed by atoms with van der Waals surface area (Å²) < 4.78 is 25.0. The van der Waals surface area contributed by atoms with E-state index in [0.717, 1.165) is 35.9 Å². The number of thioether (sulfide) groups is 1. The number of carbonyl (C=O) groups is 1. The van der Waals surface area contributed by atoms with Gasteiger partial charge in [-0.25, -0.2) is 13.4 Å². The Bertz CT molecular complexity index is 1120. The number of aryl methyl sites for hydroxylation is 2. The molecule has 0 N–H and O–H groups in total. The number of fused-ring (bicyclic) bond motifs is 3. The molecule has 1 fully saturated rings. The maximum absolute atomic E-state index is 13.1. The third-order valence-electron chi connectivity index (χ3n) is 5.83.